The first-order valence-electron chi connectivity index (χ1n) is 13.0. The summed E-state index contributed by atoms with van der Waals surface area (Å²) < 4.78 is 15.5. The van der Waals surface area contributed by atoms with E-state index in [1.54, 1.807) is 5.30 Å². The zero-order valence-corrected chi connectivity index (χ0v) is 23.5. The van der Waals surface area contributed by atoms with Gasteiger partial charge in [0.05, 0.1) is 10.8 Å². The van der Waals surface area contributed by atoms with Gasteiger partial charge in [0.2, 0.25) is 0 Å². The molecule has 0 heterocycles. The zero-order valence-electron chi connectivity index (χ0n) is 21.8. The van der Waals surface area contributed by atoms with Crippen LogP contribution in [-0.2, 0) is 11.0 Å². The second kappa shape index (κ2) is 11.0. The van der Waals surface area contributed by atoms with Crippen LogP contribution in [0.2, 0.25) is 0 Å². The van der Waals surface area contributed by atoms with Crippen molar-refractivity contribution in [1.29, 1.82) is 0 Å². The molecule has 0 saturated heterocycles. The predicted octanol–water partition coefficient (Wildman–Crippen LogP) is 7.94. The Morgan fingerprint density at radius 3 is 1.75 bits per heavy atom. The van der Waals surface area contributed by atoms with Crippen molar-refractivity contribution in [3.8, 4) is 0 Å². The van der Waals surface area contributed by atoms with Gasteiger partial charge in [-0.3, -0.25) is 0 Å². The molecule has 4 heteroatoms. The van der Waals surface area contributed by atoms with Crippen molar-refractivity contribution in [2.75, 3.05) is 7.05 Å². The monoisotopic (exact) mass is 477 g/mol. The highest BCUT2D eigenvalue weighted by molar-refractivity contribution is 7.84. The van der Waals surface area contributed by atoms with E-state index in [0.29, 0.717) is 0 Å². The lowest BCUT2D eigenvalue weighted by atomic mass is 9.82. The molecule has 0 unspecified atom stereocenters. The summed E-state index contributed by atoms with van der Waals surface area (Å²) in [5, 5.41) is 1.64. The van der Waals surface area contributed by atoms with Gasteiger partial charge in [-0.05, 0) is 74.1 Å². The standard InChI is InChI=1S/C28H48NOPS/c1-27(2,3)26(29(7)32(30)28(4,5)6)24-20-14-15-21-25(24)31(22-16-10-8-11-17-22)23-18-12-9-13-19-23/h14-15,20-23,26H,8-13,16-19H2,1-7H3/t26-,32+/m0/s1. The SMILES string of the molecule is CN([C@@H](c1ccccc1P(C1CCCCC1)C1CCCCC1)C(C)(C)C)[S@](=O)C(C)(C)C. The first-order chi connectivity index (χ1) is 15.0. The molecule has 2 fully saturated rings. The van der Waals surface area contributed by atoms with E-state index in [1.165, 1.54) is 69.8 Å². The summed E-state index contributed by atoms with van der Waals surface area (Å²) in [7, 11) is 0.855. The normalized spacial score (nSPS) is 21.8. The lowest BCUT2D eigenvalue weighted by molar-refractivity contribution is 0.207. The van der Waals surface area contributed by atoms with E-state index in [1.807, 2.05) is 0 Å². The Hall–Kier alpha value is -0.240. The van der Waals surface area contributed by atoms with E-state index in [4.69, 9.17) is 0 Å². The molecule has 1 aromatic carbocycles. The number of hydrogen-bond donors (Lipinski definition) is 0. The first kappa shape index (κ1) is 26.4. The van der Waals surface area contributed by atoms with Crippen molar-refractivity contribution in [2.24, 2.45) is 5.41 Å². The summed E-state index contributed by atoms with van der Waals surface area (Å²) in [5.74, 6) is 0. The third kappa shape index (κ3) is 6.25. The van der Waals surface area contributed by atoms with E-state index in [9.17, 15) is 4.21 Å². The maximum Gasteiger partial charge on any atom is 0.100 e. The molecule has 2 saturated carbocycles. The van der Waals surface area contributed by atoms with Crippen LogP contribution in [0.15, 0.2) is 24.3 Å². The molecule has 2 aliphatic carbocycles. The number of hydrogen-bond acceptors (Lipinski definition) is 1. The Morgan fingerprint density at radius 1 is 0.844 bits per heavy atom. The quantitative estimate of drug-likeness (QED) is 0.381. The summed E-state index contributed by atoms with van der Waals surface area (Å²) in [6, 6.07) is 9.50. The molecule has 3 rings (SSSR count). The third-order valence-corrected chi connectivity index (χ3v) is 12.8. The van der Waals surface area contributed by atoms with Crippen molar-refractivity contribution in [1.82, 2.24) is 4.31 Å². The van der Waals surface area contributed by atoms with Crippen molar-refractivity contribution in [3.05, 3.63) is 29.8 Å². The second-order valence-corrected chi connectivity index (χ2v) is 17.3. The Labute approximate surface area is 202 Å². The molecule has 32 heavy (non-hydrogen) atoms. The van der Waals surface area contributed by atoms with Crippen molar-refractivity contribution in [2.45, 2.75) is 128 Å². The lowest BCUT2D eigenvalue weighted by Crippen LogP contribution is -2.43. The molecule has 0 aliphatic heterocycles. The van der Waals surface area contributed by atoms with E-state index >= 15 is 0 Å². The first-order valence-corrected chi connectivity index (χ1v) is 15.6. The molecular weight excluding hydrogens is 429 g/mol. The van der Waals surface area contributed by atoms with Crippen molar-refractivity contribution < 1.29 is 4.21 Å². The van der Waals surface area contributed by atoms with Crippen molar-refractivity contribution >= 4 is 24.2 Å². The van der Waals surface area contributed by atoms with Gasteiger partial charge in [0.25, 0.3) is 0 Å². The van der Waals surface area contributed by atoms with E-state index in [2.05, 4.69) is 77.2 Å². The number of rotatable bonds is 6. The Bertz CT molecular complexity index is 735. The molecule has 2 atom stereocenters. The molecule has 2 nitrogen and oxygen atoms in total. The third-order valence-electron chi connectivity index (χ3n) is 7.42. The Kier molecular flexibility index (Phi) is 9.07. The molecule has 0 radical (unpaired) electrons. The Balaban J connectivity index is 2.09. The van der Waals surface area contributed by atoms with Crippen LogP contribution in [0.4, 0.5) is 0 Å². The van der Waals surface area contributed by atoms with Gasteiger partial charge >= 0.3 is 0 Å². The van der Waals surface area contributed by atoms with Gasteiger partial charge < -0.3 is 0 Å². The molecule has 0 bridgehead atoms. The molecule has 0 amide bonds. The Morgan fingerprint density at radius 2 is 1.31 bits per heavy atom. The fourth-order valence-electron chi connectivity index (χ4n) is 6.10. The van der Waals surface area contributed by atoms with Gasteiger partial charge in [0.15, 0.2) is 0 Å². The maximum atomic E-state index is 13.6. The average molecular weight is 478 g/mol. The highest BCUT2D eigenvalue weighted by Crippen LogP contribution is 2.56. The summed E-state index contributed by atoms with van der Waals surface area (Å²) in [6.07, 6.45) is 14.2. The van der Waals surface area contributed by atoms with Gasteiger partial charge in [-0.2, -0.15) is 0 Å². The van der Waals surface area contributed by atoms with Crippen molar-refractivity contribution in [3.63, 3.8) is 0 Å². The molecule has 2 aliphatic rings. The summed E-state index contributed by atoms with van der Waals surface area (Å²) in [6.45, 7) is 13.3. The van der Waals surface area contributed by atoms with Gasteiger partial charge in [-0.25, -0.2) is 8.51 Å². The summed E-state index contributed by atoms with van der Waals surface area (Å²) in [5.41, 5.74) is 3.22. The zero-order chi connectivity index (χ0) is 23.5. The van der Waals surface area contributed by atoms with Crippen LogP contribution in [0.3, 0.4) is 0 Å². The lowest BCUT2D eigenvalue weighted by Gasteiger charge is -2.44. The van der Waals surface area contributed by atoms with Crippen LogP contribution < -0.4 is 5.30 Å². The van der Waals surface area contributed by atoms with Crippen LogP contribution in [0.1, 0.15) is 117 Å². The molecule has 0 N–H and O–H groups in total. The van der Waals surface area contributed by atoms with E-state index < -0.39 is 11.0 Å². The maximum absolute atomic E-state index is 13.6. The topological polar surface area (TPSA) is 20.3 Å². The smallest absolute Gasteiger partial charge is 0.100 e. The van der Waals surface area contributed by atoms with Crippen LogP contribution in [0.5, 0.6) is 0 Å². The minimum absolute atomic E-state index is 0.00585. The molecule has 1 aromatic rings. The molecular formula is C28H48NOPS. The minimum Gasteiger partial charge on any atom is -0.242 e. The van der Waals surface area contributed by atoms with Gasteiger partial charge in [0.1, 0.15) is 11.0 Å². The second-order valence-electron chi connectivity index (χ2n) is 12.2. The average Bonchev–Trinajstić information content (AvgIpc) is 2.74. The molecule has 0 spiro atoms. The van der Waals surface area contributed by atoms with Gasteiger partial charge in [0, 0.05) is 7.05 Å². The van der Waals surface area contributed by atoms with Gasteiger partial charge in [-0.1, -0.05) is 91.5 Å². The summed E-state index contributed by atoms with van der Waals surface area (Å²) in [4.78, 5) is 0. The highest BCUT2D eigenvalue weighted by Gasteiger charge is 2.40. The van der Waals surface area contributed by atoms with Crippen LogP contribution in [0, 0.1) is 5.41 Å². The highest BCUT2D eigenvalue weighted by atomic mass is 32.2. The van der Waals surface area contributed by atoms with E-state index in [0.717, 1.165) is 11.3 Å². The van der Waals surface area contributed by atoms with Crippen LogP contribution in [-0.4, -0.2) is 31.6 Å². The number of nitrogens with zero attached hydrogens (tertiary/aromatic N) is 1. The van der Waals surface area contributed by atoms with Gasteiger partial charge in [-0.15, -0.1) is 0 Å². The predicted molar refractivity (Wildman–Crippen MR) is 145 cm³/mol. The van der Waals surface area contributed by atoms with Crippen LogP contribution in [0.25, 0.3) is 0 Å². The van der Waals surface area contributed by atoms with E-state index in [-0.39, 0.29) is 24.1 Å². The summed E-state index contributed by atoms with van der Waals surface area (Å²) >= 11 is 0. The fourth-order valence-corrected chi connectivity index (χ4v) is 11.6. The van der Waals surface area contributed by atoms with Crippen LogP contribution >= 0.6 is 7.92 Å². The minimum atomic E-state index is -1.05. The molecule has 182 valence electrons. The molecule has 0 aromatic heterocycles. The fraction of sp³-hybridized carbons (Fsp3) is 0.786. The largest absolute Gasteiger partial charge is 0.242 e. The number of benzene rings is 1.